The summed E-state index contributed by atoms with van der Waals surface area (Å²) in [7, 11) is 0. The van der Waals surface area contributed by atoms with Crippen LogP contribution in [0.5, 0.6) is 0 Å². The van der Waals surface area contributed by atoms with E-state index in [2.05, 4.69) is 30.7 Å². The molecular weight excluding hydrogens is 266 g/mol. The van der Waals surface area contributed by atoms with Gasteiger partial charge in [-0.15, -0.1) is 0 Å². The Morgan fingerprint density at radius 1 is 1.33 bits per heavy atom. The van der Waals surface area contributed by atoms with Crippen LogP contribution >= 0.6 is 0 Å². The van der Waals surface area contributed by atoms with E-state index in [9.17, 15) is 9.90 Å². The van der Waals surface area contributed by atoms with Crippen molar-refractivity contribution in [1.29, 1.82) is 0 Å². The van der Waals surface area contributed by atoms with Gasteiger partial charge in [0.2, 0.25) is 0 Å². The number of pyridine rings is 1. The molecule has 5 nitrogen and oxygen atoms in total. The molecule has 0 radical (unpaired) electrons. The van der Waals surface area contributed by atoms with Gasteiger partial charge in [-0.1, -0.05) is 26.8 Å². The molecule has 1 fully saturated rings. The van der Waals surface area contributed by atoms with E-state index < -0.39 is 6.09 Å². The highest BCUT2D eigenvalue weighted by Crippen LogP contribution is 2.29. The fraction of sp³-hybridized carbons (Fsp3) is 0.625. The highest BCUT2D eigenvalue weighted by Gasteiger charge is 2.36. The van der Waals surface area contributed by atoms with Crippen molar-refractivity contribution < 1.29 is 9.90 Å². The third-order valence-electron chi connectivity index (χ3n) is 4.06. The molecular formula is C16H25N3O2. The maximum atomic E-state index is 11.5. The number of rotatable bonds is 1. The summed E-state index contributed by atoms with van der Waals surface area (Å²) < 4.78 is 0. The molecule has 2 heterocycles. The molecule has 0 bridgehead atoms. The molecule has 1 saturated heterocycles. The summed E-state index contributed by atoms with van der Waals surface area (Å²) in [4.78, 5) is 19.8. The Bertz CT molecular complexity index is 493. The Balaban J connectivity index is 2.26. The molecule has 0 aliphatic carbocycles. The summed E-state index contributed by atoms with van der Waals surface area (Å²) in [5.41, 5.74) is 1.03. The molecule has 21 heavy (non-hydrogen) atoms. The molecule has 0 aromatic carbocycles. The van der Waals surface area contributed by atoms with Crippen molar-refractivity contribution in [3.8, 4) is 0 Å². The number of hydrogen-bond acceptors (Lipinski definition) is 3. The fourth-order valence-corrected chi connectivity index (χ4v) is 2.81. The van der Waals surface area contributed by atoms with Gasteiger partial charge in [0.25, 0.3) is 0 Å². The Morgan fingerprint density at radius 3 is 2.57 bits per heavy atom. The first-order valence-corrected chi connectivity index (χ1v) is 7.46. The van der Waals surface area contributed by atoms with Crippen LogP contribution in [0.15, 0.2) is 18.3 Å². The molecule has 2 rings (SSSR count). The molecule has 1 N–H and O–H groups in total. The highest BCUT2D eigenvalue weighted by molar-refractivity contribution is 5.66. The first-order valence-electron chi connectivity index (χ1n) is 7.46. The van der Waals surface area contributed by atoms with Gasteiger partial charge in [0.1, 0.15) is 5.82 Å². The zero-order chi connectivity index (χ0) is 15.6. The molecule has 1 unspecified atom stereocenters. The normalized spacial score (nSPS) is 20.3. The Labute approximate surface area is 126 Å². The summed E-state index contributed by atoms with van der Waals surface area (Å²) in [5.74, 6) is 0.932. The predicted octanol–water partition coefficient (Wildman–Crippen LogP) is 2.99. The van der Waals surface area contributed by atoms with E-state index in [1.165, 1.54) is 0 Å². The second-order valence-electron chi connectivity index (χ2n) is 6.85. The summed E-state index contributed by atoms with van der Waals surface area (Å²) >= 11 is 0. The van der Waals surface area contributed by atoms with E-state index in [4.69, 9.17) is 0 Å². The molecule has 1 aliphatic rings. The standard InChI is InChI=1S/C16H25N3O2/c1-12-6-7-14(17-10-12)18-8-5-9-19(15(20)21)13(11-18)16(2,3)4/h6-7,10,13H,5,8-9,11H2,1-4H3,(H,20,21). The molecule has 1 aromatic rings. The molecule has 0 spiro atoms. The lowest BCUT2D eigenvalue weighted by atomic mass is 9.85. The van der Waals surface area contributed by atoms with Crippen molar-refractivity contribution in [2.75, 3.05) is 24.5 Å². The maximum Gasteiger partial charge on any atom is 0.407 e. The number of aryl methyl sites for hydroxylation is 1. The monoisotopic (exact) mass is 291 g/mol. The van der Waals surface area contributed by atoms with Gasteiger partial charge in [-0.25, -0.2) is 9.78 Å². The van der Waals surface area contributed by atoms with Crippen LogP contribution in [0, 0.1) is 12.3 Å². The number of amides is 1. The topological polar surface area (TPSA) is 56.7 Å². The zero-order valence-electron chi connectivity index (χ0n) is 13.3. The lowest BCUT2D eigenvalue weighted by Crippen LogP contribution is -2.51. The van der Waals surface area contributed by atoms with Gasteiger partial charge in [-0.3, -0.25) is 0 Å². The lowest BCUT2D eigenvalue weighted by Gasteiger charge is -2.39. The SMILES string of the molecule is Cc1ccc(N2CCCN(C(=O)O)C(C(C)(C)C)C2)nc1. The van der Waals surface area contributed by atoms with Crippen LogP contribution in [-0.4, -0.2) is 46.8 Å². The summed E-state index contributed by atoms with van der Waals surface area (Å²) in [6.07, 6.45) is 1.86. The van der Waals surface area contributed by atoms with Gasteiger partial charge < -0.3 is 14.9 Å². The van der Waals surface area contributed by atoms with Gasteiger partial charge in [-0.05, 0) is 30.4 Å². The lowest BCUT2D eigenvalue weighted by molar-refractivity contribution is 0.0902. The van der Waals surface area contributed by atoms with Crippen molar-refractivity contribution in [2.24, 2.45) is 5.41 Å². The molecule has 0 saturated carbocycles. The first-order chi connectivity index (χ1) is 9.79. The predicted molar refractivity (Wildman–Crippen MR) is 83.8 cm³/mol. The minimum Gasteiger partial charge on any atom is -0.465 e. The van der Waals surface area contributed by atoms with Crippen molar-refractivity contribution >= 4 is 11.9 Å². The number of hydrogen-bond donors (Lipinski definition) is 1. The summed E-state index contributed by atoms with van der Waals surface area (Å²) in [6, 6.07) is 4.03. The number of aromatic nitrogens is 1. The summed E-state index contributed by atoms with van der Waals surface area (Å²) in [5, 5.41) is 9.48. The van der Waals surface area contributed by atoms with Crippen molar-refractivity contribution in [1.82, 2.24) is 9.88 Å². The van der Waals surface area contributed by atoms with Crippen LogP contribution in [0.4, 0.5) is 10.6 Å². The molecule has 1 aromatic heterocycles. The van der Waals surface area contributed by atoms with Gasteiger partial charge in [0.05, 0.1) is 6.04 Å². The van der Waals surface area contributed by atoms with Crippen LogP contribution in [0.2, 0.25) is 0 Å². The maximum absolute atomic E-state index is 11.5. The van der Waals surface area contributed by atoms with E-state index >= 15 is 0 Å². The van der Waals surface area contributed by atoms with Crippen LogP contribution < -0.4 is 4.90 Å². The first kappa shape index (κ1) is 15.6. The fourth-order valence-electron chi connectivity index (χ4n) is 2.81. The van der Waals surface area contributed by atoms with Crippen molar-refractivity contribution in [2.45, 2.75) is 40.2 Å². The third-order valence-corrected chi connectivity index (χ3v) is 4.06. The largest absolute Gasteiger partial charge is 0.465 e. The second-order valence-corrected chi connectivity index (χ2v) is 6.85. The summed E-state index contributed by atoms with van der Waals surface area (Å²) in [6.45, 7) is 10.4. The van der Waals surface area contributed by atoms with Crippen LogP contribution in [0.3, 0.4) is 0 Å². The Hall–Kier alpha value is -1.78. The average molecular weight is 291 g/mol. The molecule has 116 valence electrons. The van der Waals surface area contributed by atoms with Gasteiger partial charge in [0.15, 0.2) is 0 Å². The number of nitrogens with zero attached hydrogens (tertiary/aromatic N) is 3. The van der Waals surface area contributed by atoms with E-state index in [0.717, 1.165) is 24.3 Å². The second kappa shape index (κ2) is 5.92. The van der Waals surface area contributed by atoms with Crippen molar-refractivity contribution in [3.63, 3.8) is 0 Å². The molecule has 1 aliphatic heterocycles. The smallest absolute Gasteiger partial charge is 0.407 e. The molecule has 1 amide bonds. The van der Waals surface area contributed by atoms with E-state index in [-0.39, 0.29) is 11.5 Å². The zero-order valence-corrected chi connectivity index (χ0v) is 13.3. The van der Waals surface area contributed by atoms with Crippen LogP contribution in [-0.2, 0) is 0 Å². The van der Waals surface area contributed by atoms with Gasteiger partial charge >= 0.3 is 6.09 Å². The number of carbonyl (C=O) groups is 1. The van der Waals surface area contributed by atoms with E-state index in [1.54, 1.807) is 4.90 Å². The van der Waals surface area contributed by atoms with Gasteiger partial charge in [0, 0.05) is 25.8 Å². The van der Waals surface area contributed by atoms with Crippen molar-refractivity contribution in [3.05, 3.63) is 23.9 Å². The molecule has 1 atom stereocenters. The molecule has 5 heteroatoms. The quantitative estimate of drug-likeness (QED) is 0.864. The van der Waals surface area contributed by atoms with Gasteiger partial charge in [-0.2, -0.15) is 0 Å². The van der Waals surface area contributed by atoms with Crippen LogP contribution in [0.25, 0.3) is 0 Å². The minimum absolute atomic E-state index is 0.0411. The van der Waals surface area contributed by atoms with Crippen LogP contribution in [0.1, 0.15) is 32.8 Å². The highest BCUT2D eigenvalue weighted by atomic mass is 16.4. The Morgan fingerprint density at radius 2 is 2.05 bits per heavy atom. The third kappa shape index (κ3) is 3.65. The Kier molecular flexibility index (Phi) is 4.40. The van der Waals surface area contributed by atoms with E-state index in [1.807, 2.05) is 25.3 Å². The number of carboxylic acid groups (broad SMARTS) is 1. The van der Waals surface area contributed by atoms with E-state index in [0.29, 0.717) is 13.1 Å². The number of anilines is 1. The minimum atomic E-state index is -0.825. The average Bonchev–Trinajstić information content (AvgIpc) is 2.62.